The molecule has 2 saturated heterocycles. The van der Waals surface area contributed by atoms with Gasteiger partial charge in [0.15, 0.2) is 5.96 Å². The molecule has 2 fully saturated rings. The second-order valence-corrected chi connectivity index (χ2v) is 7.44. The number of aliphatic imine (C=N–C) groups is 1. The van der Waals surface area contributed by atoms with Crippen molar-refractivity contribution in [1.82, 2.24) is 20.0 Å². The van der Waals surface area contributed by atoms with Gasteiger partial charge in [-0.05, 0) is 32.7 Å². The number of nitrogens with one attached hydrogen (secondary N) is 1. The topological polar surface area (TPSA) is 34.1 Å². The van der Waals surface area contributed by atoms with Crippen molar-refractivity contribution in [3.05, 3.63) is 0 Å². The fourth-order valence-electron chi connectivity index (χ4n) is 3.63. The maximum Gasteiger partial charge on any atom is 0.403 e. The highest BCUT2D eigenvalue weighted by Crippen LogP contribution is 2.25. The van der Waals surface area contributed by atoms with E-state index in [0.717, 1.165) is 0 Å². The molecule has 2 aliphatic heterocycles. The van der Waals surface area contributed by atoms with E-state index in [-0.39, 0.29) is 19.0 Å². The van der Waals surface area contributed by atoms with Gasteiger partial charge in [0.2, 0.25) is 0 Å². The second kappa shape index (κ2) is 9.51. The third-order valence-corrected chi connectivity index (χ3v) is 5.24. The zero-order chi connectivity index (χ0) is 20.9. The van der Waals surface area contributed by atoms with Gasteiger partial charge in [-0.15, -0.1) is 0 Å². The number of guanidine groups is 1. The summed E-state index contributed by atoms with van der Waals surface area (Å²) in [4.78, 5) is 9.28. The standard InChI is InChI=1S/C17H29F6N5/c1-3-24-15(25-10-14-4-5-26(11-14)12-16(18,19)20)28-8-6-27(7-9-28)13(2)17(21,22)23/h13-14H,3-12H2,1-2H3,(H,24,25). The number of piperazine rings is 1. The van der Waals surface area contributed by atoms with Crippen LogP contribution >= 0.6 is 0 Å². The zero-order valence-corrected chi connectivity index (χ0v) is 16.3. The predicted octanol–water partition coefficient (Wildman–Crippen LogP) is 2.40. The summed E-state index contributed by atoms with van der Waals surface area (Å²) in [7, 11) is 0. The first-order chi connectivity index (χ1) is 13.0. The molecule has 2 heterocycles. The Kier molecular flexibility index (Phi) is 7.83. The molecule has 2 atom stereocenters. The van der Waals surface area contributed by atoms with Crippen molar-refractivity contribution in [3.8, 4) is 0 Å². The molecule has 0 spiro atoms. The van der Waals surface area contributed by atoms with E-state index < -0.39 is 24.9 Å². The Morgan fingerprint density at radius 1 is 1.07 bits per heavy atom. The molecule has 0 bridgehead atoms. The van der Waals surface area contributed by atoms with Crippen LogP contribution in [0.25, 0.3) is 0 Å². The first-order valence-electron chi connectivity index (χ1n) is 9.62. The van der Waals surface area contributed by atoms with Gasteiger partial charge < -0.3 is 10.2 Å². The van der Waals surface area contributed by atoms with Crippen LogP contribution in [-0.2, 0) is 0 Å². The SMILES string of the molecule is CCNC(=NCC1CCN(CC(F)(F)F)C1)N1CCN(C(C)C(F)(F)F)CC1. The fourth-order valence-corrected chi connectivity index (χ4v) is 3.63. The summed E-state index contributed by atoms with van der Waals surface area (Å²) in [5.41, 5.74) is 0. The van der Waals surface area contributed by atoms with Crippen LogP contribution in [0.1, 0.15) is 20.3 Å². The Morgan fingerprint density at radius 3 is 2.25 bits per heavy atom. The van der Waals surface area contributed by atoms with Crippen molar-refractivity contribution in [2.75, 3.05) is 58.9 Å². The van der Waals surface area contributed by atoms with Gasteiger partial charge >= 0.3 is 12.4 Å². The van der Waals surface area contributed by atoms with Crippen LogP contribution in [0.2, 0.25) is 0 Å². The van der Waals surface area contributed by atoms with Crippen molar-refractivity contribution in [2.24, 2.45) is 10.9 Å². The number of hydrogen-bond acceptors (Lipinski definition) is 3. The molecule has 0 radical (unpaired) electrons. The Hall–Kier alpha value is -1.23. The van der Waals surface area contributed by atoms with E-state index in [1.165, 1.54) is 16.7 Å². The number of halogens is 6. The summed E-state index contributed by atoms with van der Waals surface area (Å²) >= 11 is 0. The van der Waals surface area contributed by atoms with E-state index in [4.69, 9.17) is 0 Å². The molecule has 0 aromatic heterocycles. The Balaban J connectivity index is 1.86. The maximum atomic E-state index is 12.9. The molecule has 0 aromatic carbocycles. The number of likely N-dealkylation sites (tertiary alicyclic amines) is 1. The third-order valence-electron chi connectivity index (χ3n) is 5.24. The molecule has 0 aromatic rings. The number of rotatable bonds is 5. The third kappa shape index (κ3) is 6.98. The van der Waals surface area contributed by atoms with Gasteiger partial charge in [-0.25, -0.2) is 0 Å². The summed E-state index contributed by atoms with van der Waals surface area (Å²) in [6, 6.07) is -1.48. The van der Waals surface area contributed by atoms with Gasteiger partial charge in [0.1, 0.15) is 6.04 Å². The van der Waals surface area contributed by atoms with Crippen LogP contribution < -0.4 is 5.32 Å². The number of nitrogens with zero attached hydrogens (tertiary/aromatic N) is 4. The van der Waals surface area contributed by atoms with Crippen LogP contribution in [0.15, 0.2) is 4.99 Å². The molecule has 2 rings (SSSR count). The maximum absolute atomic E-state index is 12.9. The lowest BCUT2D eigenvalue weighted by Crippen LogP contribution is -2.56. The monoisotopic (exact) mass is 417 g/mol. The van der Waals surface area contributed by atoms with E-state index in [0.29, 0.717) is 51.6 Å². The lowest BCUT2D eigenvalue weighted by Gasteiger charge is -2.39. The minimum Gasteiger partial charge on any atom is -0.357 e. The van der Waals surface area contributed by atoms with E-state index >= 15 is 0 Å². The molecule has 2 aliphatic rings. The van der Waals surface area contributed by atoms with E-state index in [1.807, 2.05) is 11.8 Å². The normalized spacial score (nSPS) is 24.6. The van der Waals surface area contributed by atoms with Crippen LogP contribution in [-0.4, -0.2) is 98.0 Å². The molecule has 1 N–H and O–H groups in total. The molecule has 2 unspecified atom stereocenters. The second-order valence-electron chi connectivity index (χ2n) is 7.44. The summed E-state index contributed by atoms with van der Waals surface area (Å²) < 4.78 is 76.1. The number of hydrogen-bond donors (Lipinski definition) is 1. The lowest BCUT2D eigenvalue weighted by atomic mass is 10.1. The van der Waals surface area contributed by atoms with E-state index in [2.05, 4.69) is 10.3 Å². The Bertz CT molecular complexity index is 513. The van der Waals surface area contributed by atoms with Crippen LogP contribution in [0.5, 0.6) is 0 Å². The van der Waals surface area contributed by atoms with Crippen molar-refractivity contribution < 1.29 is 26.3 Å². The Labute approximate surface area is 161 Å². The molecule has 0 aliphatic carbocycles. The molecular weight excluding hydrogens is 388 g/mol. The van der Waals surface area contributed by atoms with E-state index in [1.54, 1.807) is 0 Å². The zero-order valence-electron chi connectivity index (χ0n) is 16.3. The molecule has 28 heavy (non-hydrogen) atoms. The number of alkyl halides is 6. The minimum atomic E-state index is -4.24. The van der Waals surface area contributed by atoms with Gasteiger partial charge in [-0.3, -0.25) is 14.8 Å². The Morgan fingerprint density at radius 2 is 1.71 bits per heavy atom. The fraction of sp³-hybridized carbons (Fsp3) is 0.941. The molecule has 0 saturated carbocycles. The predicted molar refractivity (Wildman–Crippen MR) is 95.2 cm³/mol. The van der Waals surface area contributed by atoms with Gasteiger partial charge in [-0.1, -0.05) is 0 Å². The highest BCUT2D eigenvalue weighted by atomic mass is 19.4. The molecule has 164 valence electrons. The van der Waals surface area contributed by atoms with Gasteiger partial charge in [0.05, 0.1) is 6.54 Å². The molecule has 0 amide bonds. The summed E-state index contributed by atoms with van der Waals surface area (Å²) in [5.74, 6) is 0.679. The highest BCUT2D eigenvalue weighted by molar-refractivity contribution is 5.80. The minimum absolute atomic E-state index is 0.0579. The van der Waals surface area contributed by atoms with Crippen LogP contribution in [0.4, 0.5) is 26.3 Å². The molecule has 5 nitrogen and oxygen atoms in total. The smallest absolute Gasteiger partial charge is 0.357 e. The van der Waals surface area contributed by atoms with Crippen molar-refractivity contribution in [2.45, 2.75) is 38.7 Å². The lowest BCUT2D eigenvalue weighted by molar-refractivity contribution is -0.181. The summed E-state index contributed by atoms with van der Waals surface area (Å²) in [6.07, 6.45) is -7.78. The van der Waals surface area contributed by atoms with Gasteiger partial charge in [-0.2, -0.15) is 26.3 Å². The largest absolute Gasteiger partial charge is 0.403 e. The van der Waals surface area contributed by atoms with Gasteiger partial charge in [0.25, 0.3) is 0 Å². The van der Waals surface area contributed by atoms with Crippen molar-refractivity contribution in [3.63, 3.8) is 0 Å². The van der Waals surface area contributed by atoms with Crippen molar-refractivity contribution in [1.29, 1.82) is 0 Å². The average Bonchev–Trinajstić information content (AvgIpc) is 3.02. The van der Waals surface area contributed by atoms with Gasteiger partial charge in [0, 0.05) is 45.8 Å². The molecule has 11 heteroatoms. The van der Waals surface area contributed by atoms with Crippen LogP contribution in [0.3, 0.4) is 0 Å². The van der Waals surface area contributed by atoms with Crippen molar-refractivity contribution >= 4 is 5.96 Å². The molecular formula is C17H29F6N5. The summed E-state index contributed by atoms with van der Waals surface area (Å²) in [5, 5.41) is 3.14. The highest BCUT2D eigenvalue weighted by Gasteiger charge is 2.41. The van der Waals surface area contributed by atoms with E-state index in [9.17, 15) is 26.3 Å². The average molecular weight is 417 g/mol. The summed E-state index contributed by atoms with van der Waals surface area (Å²) in [6.45, 7) is 5.39. The quantitative estimate of drug-likeness (QED) is 0.423. The first kappa shape index (κ1) is 23.1. The van der Waals surface area contributed by atoms with Crippen LogP contribution in [0, 0.1) is 5.92 Å². The first-order valence-corrected chi connectivity index (χ1v) is 9.62.